The van der Waals surface area contributed by atoms with Gasteiger partial charge in [0.05, 0.1) is 32.6 Å². The van der Waals surface area contributed by atoms with E-state index in [4.69, 9.17) is 19.0 Å². The normalized spacial score (nSPS) is 17.7. The van der Waals surface area contributed by atoms with Crippen molar-refractivity contribution in [2.75, 3.05) is 27.9 Å². The SMILES string of the molecule is CCON=C(CC)C1=C(O)CC(c2c(OC)cc(OC)cc2OC)CC1=O. The Labute approximate surface area is 159 Å². The van der Waals surface area contributed by atoms with E-state index in [1.54, 1.807) is 33.5 Å². The van der Waals surface area contributed by atoms with E-state index in [0.29, 0.717) is 36.0 Å². The highest BCUT2D eigenvalue weighted by molar-refractivity contribution is 6.23. The lowest BCUT2D eigenvalue weighted by molar-refractivity contribution is -0.116. The molecule has 0 saturated carbocycles. The lowest BCUT2D eigenvalue weighted by Gasteiger charge is -2.27. The summed E-state index contributed by atoms with van der Waals surface area (Å²) in [5.74, 6) is 1.26. The van der Waals surface area contributed by atoms with Crippen LogP contribution in [0.2, 0.25) is 0 Å². The maximum absolute atomic E-state index is 12.8. The highest BCUT2D eigenvalue weighted by Gasteiger charge is 2.34. The first-order chi connectivity index (χ1) is 13.0. The fourth-order valence-corrected chi connectivity index (χ4v) is 3.29. The number of benzene rings is 1. The van der Waals surface area contributed by atoms with Crippen LogP contribution in [0.3, 0.4) is 0 Å². The van der Waals surface area contributed by atoms with Gasteiger partial charge in [-0.15, -0.1) is 0 Å². The second-order valence-corrected chi connectivity index (χ2v) is 6.10. The molecule has 7 heteroatoms. The van der Waals surface area contributed by atoms with Gasteiger partial charge in [-0.05, 0) is 13.3 Å². The van der Waals surface area contributed by atoms with Crippen molar-refractivity contribution in [2.45, 2.75) is 39.0 Å². The van der Waals surface area contributed by atoms with Crippen molar-refractivity contribution in [2.24, 2.45) is 5.16 Å². The van der Waals surface area contributed by atoms with Crippen molar-refractivity contribution in [3.05, 3.63) is 29.0 Å². The number of hydrogen-bond acceptors (Lipinski definition) is 7. The summed E-state index contributed by atoms with van der Waals surface area (Å²) in [6.45, 7) is 4.08. The summed E-state index contributed by atoms with van der Waals surface area (Å²) in [5, 5.41) is 14.6. The number of aliphatic hydroxyl groups excluding tert-OH is 1. The molecule has 0 radical (unpaired) electrons. The maximum atomic E-state index is 12.8. The zero-order chi connectivity index (χ0) is 20.0. The molecule has 1 aromatic rings. The highest BCUT2D eigenvalue weighted by atomic mass is 16.6. The standard InChI is InChI=1S/C20H27NO6/c1-6-14(21-27-7-2)20-15(22)8-12(9-16(20)23)19-17(25-4)10-13(24-3)11-18(19)26-5/h10-12,22H,6-9H2,1-5H3. The summed E-state index contributed by atoms with van der Waals surface area (Å²) in [4.78, 5) is 17.9. The molecule has 1 aromatic carbocycles. The monoisotopic (exact) mass is 377 g/mol. The van der Waals surface area contributed by atoms with Gasteiger partial charge in [-0.2, -0.15) is 0 Å². The summed E-state index contributed by atoms with van der Waals surface area (Å²) < 4.78 is 16.2. The second kappa shape index (κ2) is 9.30. The summed E-state index contributed by atoms with van der Waals surface area (Å²) in [7, 11) is 4.66. The smallest absolute Gasteiger partial charge is 0.168 e. The maximum Gasteiger partial charge on any atom is 0.168 e. The number of aliphatic hydroxyl groups is 1. The molecule has 1 aliphatic rings. The lowest BCUT2D eigenvalue weighted by Crippen LogP contribution is -2.24. The molecule has 7 nitrogen and oxygen atoms in total. The van der Waals surface area contributed by atoms with Crippen LogP contribution in [0.15, 0.2) is 28.6 Å². The van der Waals surface area contributed by atoms with E-state index in [1.807, 2.05) is 13.8 Å². The van der Waals surface area contributed by atoms with E-state index in [2.05, 4.69) is 5.16 Å². The van der Waals surface area contributed by atoms with Crippen LogP contribution >= 0.6 is 0 Å². The van der Waals surface area contributed by atoms with E-state index < -0.39 is 0 Å². The molecule has 2 rings (SSSR count). The van der Waals surface area contributed by atoms with Crippen molar-refractivity contribution >= 4 is 11.5 Å². The Bertz CT molecular complexity index is 728. The number of rotatable bonds is 8. The van der Waals surface area contributed by atoms with Gasteiger partial charge in [-0.25, -0.2) is 0 Å². The fourth-order valence-electron chi connectivity index (χ4n) is 3.29. The van der Waals surface area contributed by atoms with Gasteiger partial charge in [0.15, 0.2) is 5.78 Å². The average Bonchev–Trinajstić information content (AvgIpc) is 2.68. The Hall–Kier alpha value is -2.70. The van der Waals surface area contributed by atoms with Crippen LogP contribution in [0.4, 0.5) is 0 Å². The van der Waals surface area contributed by atoms with Gasteiger partial charge in [0, 0.05) is 36.5 Å². The van der Waals surface area contributed by atoms with Crippen molar-refractivity contribution < 1.29 is 28.9 Å². The minimum atomic E-state index is -0.276. The van der Waals surface area contributed by atoms with Gasteiger partial charge < -0.3 is 24.2 Å². The first kappa shape index (κ1) is 20.6. The van der Waals surface area contributed by atoms with Crippen molar-refractivity contribution in [1.29, 1.82) is 0 Å². The molecule has 0 bridgehead atoms. The molecule has 0 spiro atoms. The molecule has 0 saturated heterocycles. The van der Waals surface area contributed by atoms with Gasteiger partial charge in [-0.3, -0.25) is 4.79 Å². The topological polar surface area (TPSA) is 86.6 Å². The molecule has 1 unspecified atom stereocenters. The zero-order valence-electron chi connectivity index (χ0n) is 16.5. The predicted octanol–water partition coefficient (Wildman–Crippen LogP) is 3.77. The fraction of sp³-hybridized carbons (Fsp3) is 0.500. The number of ether oxygens (including phenoxy) is 3. The van der Waals surface area contributed by atoms with Gasteiger partial charge in [-0.1, -0.05) is 12.1 Å². The average molecular weight is 377 g/mol. The molecular weight excluding hydrogens is 350 g/mol. The predicted molar refractivity (Wildman–Crippen MR) is 102 cm³/mol. The number of Topliss-reactive ketones (excluding diaryl/α,β-unsaturated/α-hetero) is 1. The molecule has 0 heterocycles. The van der Waals surface area contributed by atoms with E-state index in [-0.39, 0.29) is 35.9 Å². The van der Waals surface area contributed by atoms with E-state index in [9.17, 15) is 9.90 Å². The number of ketones is 1. The van der Waals surface area contributed by atoms with Gasteiger partial charge >= 0.3 is 0 Å². The zero-order valence-corrected chi connectivity index (χ0v) is 16.5. The number of nitrogens with zero attached hydrogens (tertiary/aromatic N) is 1. The Morgan fingerprint density at radius 2 is 1.74 bits per heavy atom. The van der Waals surface area contributed by atoms with Crippen LogP contribution in [-0.2, 0) is 9.63 Å². The third-order valence-corrected chi connectivity index (χ3v) is 4.53. The van der Waals surface area contributed by atoms with Crippen LogP contribution in [0.5, 0.6) is 17.2 Å². The Morgan fingerprint density at radius 1 is 1.11 bits per heavy atom. The number of methoxy groups -OCH3 is 3. The Balaban J connectivity index is 2.46. The van der Waals surface area contributed by atoms with Crippen LogP contribution in [-0.4, -0.2) is 44.5 Å². The van der Waals surface area contributed by atoms with Crippen LogP contribution < -0.4 is 14.2 Å². The number of oxime groups is 1. The quantitative estimate of drug-likeness (QED) is 0.548. The molecule has 0 aromatic heterocycles. The molecule has 0 amide bonds. The summed E-state index contributed by atoms with van der Waals surface area (Å²) >= 11 is 0. The summed E-state index contributed by atoms with van der Waals surface area (Å²) in [5.41, 5.74) is 1.46. The molecule has 0 aliphatic heterocycles. The van der Waals surface area contributed by atoms with Crippen LogP contribution in [0, 0.1) is 0 Å². The molecule has 1 N–H and O–H groups in total. The first-order valence-electron chi connectivity index (χ1n) is 8.94. The van der Waals surface area contributed by atoms with E-state index in [1.165, 1.54) is 0 Å². The first-order valence-corrected chi connectivity index (χ1v) is 8.94. The minimum Gasteiger partial charge on any atom is -0.511 e. The van der Waals surface area contributed by atoms with Crippen molar-refractivity contribution in [3.63, 3.8) is 0 Å². The third-order valence-electron chi connectivity index (χ3n) is 4.53. The van der Waals surface area contributed by atoms with Crippen LogP contribution in [0.25, 0.3) is 0 Å². The third kappa shape index (κ3) is 4.35. The van der Waals surface area contributed by atoms with Gasteiger partial charge in [0.2, 0.25) is 0 Å². The Morgan fingerprint density at radius 3 is 2.19 bits per heavy atom. The van der Waals surface area contributed by atoms with E-state index in [0.717, 1.165) is 5.56 Å². The molecule has 1 atom stereocenters. The van der Waals surface area contributed by atoms with E-state index >= 15 is 0 Å². The second-order valence-electron chi connectivity index (χ2n) is 6.10. The van der Waals surface area contributed by atoms with Gasteiger partial charge in [0.1, 0.15) is 29.6 Å². The van der Waals surface area contributed by atoms with Crippen molar-refractivity contribution in [3.8, 4) is 17.2 Å². The molecule has 148 valence electrons. The molecule has 0 fully saturated rings. The lowest BCUT2D eigenvalue weighted by atomic mass is 9.80. The highest BCUT2D eigenvalue weighted by Crippen LogP contribution is 2.45. The minimum absolute atomic E-state index is 0.0106. The van der Waals surface area contributed by atoms with Crippen molar-refractivity contribution in [1.82, 2.24) is 0 Å². The van der Waals surface area contributed by atoms with Crippen LogP contribution in [0.1, 0.15) is 44.6 Å². The number of allylic oxidation sites excluding steroid dienone is 2. The summed E-state index contributed by atoms with van der Waals surface area (Å²) in [6, 6.07) is 3.49. The molecule has 27 heavy (non-hydrogen) atoms. The summed E-state index contributed by atoms with van der Waals surface area (Å²) in [6.07, 6.45) is 0.986. The molecule has 1 aliphatic carbocycles. The number of hydrogen-bond donors (Lipinski definition) is 1. The number of carbonyl (C=O) groups excluding carboxylic acids is 1. The number of carbonyl (C=O) groups is 1. The largest absolute Gasteiger partial charge is 0.511 e. The van der Waals surface area contributed by atoms with Gasteiger partial charge in [0.25, 0.3) is 0 Å². The Kier molecular flexibility index (Phi) is 7.10. The molecular formula is C20H27NO6.